The minimum absolute atomic E-state index is 0.0300. The van der Waals surface area contributed by atoms with Crippen LogP contribution in [0, 0.1) is 5.21 Å². The van der Waals surface area contributed by atoms with Crippen LogP contribution in [0.2, 0.25) is 0 Å². The molecule has 1 fully saturated rings. The zero-order chi connectivity index (χ0) is 31.6. The van der Waals surface area contributed by atoms with E-state index < -0.39 is 12.3 Å². The van der Waals surface area contributed by atoms with Crippen molar-refractivity contribution >= 4 is 23.6 Å². The predicted octanol–water partition coefficient (Wildman–Crippen LogP) is 5.69. The third-order valence-electron chi connectivity index (χ3n) is 7.60. The maximum atomic E-state index is 12.2. The van der Waals surface area contributed by atoms with Crippen molar-refractivity contribution in [2.45, 2.75) is 62.4 Å². The Labute approximate surface area is 266 Å². The first-order valence-corrected chi connectivity index (χ1v) is 15.9. The molecule has 3 aromatic carbocycles. The normalized spacial score (nSPS) is 17.9. The zero-order valence-corrected chi connectivity index (χ0v) is 25.5. The van der Waals surface area contributed by atoms with E-state index in [2.05, 4.69) is 5.32 Å². The van der Waals surface area contributed by atoms with Crippen LogP contribution in [0.25, 0.3) is 11.1 Å². The molecular formula is C35H36N2O7S. The Morgan fingerprint density at radius 1 is 0.911 bits per heavy atom. The average molecular weight is 629 g/mol. The number of amides is 1. The van der Waals surface area contributed by atoms with Gasteiger partial charge in [0.15, 0.2) is 12.5 Å². The molecule has 1 amide bonds. The van der Waals surface area contributed by atoms with E-state index in [1.165, 1.54) is 18.0 Å². The number of nitrogens with one attached hydrogen (secondary N) is 1. The van der Waals surface area contributed by atoms with Gasteiger partial charge in [-0.2, -0.15) is 4.73 Å². The zero-order valence-electron chi connectivity index (χ0n) is 24.7. The molecule has 0 aliphatic carbocycles. The first-order valence-electron chi connectivity index (χ1n) is 14.9. The van der Waals surface area contributed by atoms with E-state index in [1.807, 2.05) is 78.9 Å². The van der Waals surface area contributed by atoms with E-state index in [-0.39, 0.29) is 37.6 Å². The smallest absolute Gasteiger partial charge is 0.303 e. The summed E-state index contributed by atoms with van der Waals surface area (Å²) in [4.78, 5) is 23.0. The number of aromatic nitrogens is 1. The summed E-state index contributed by atoms with van der Waals surface area (Å²) in [5.41, 5.74) is 5.56. The summed E-state index contributed by atoms with van der Waals surface area (Å²) in [6.45, 7) is 0.303. The molecule has 4 aromatic rings. The second kappa shape index (κ2) is 15.7. The molecule has 0 bridgehead atoms. The number of aliphatic carboxylic acids is 1. The fraction of sp³-hybridized carbons (Fsp3) is 0.286. The van der Waals surface area contributed by atoms with Gasteiger partial charge in [0.2, 0.25) is 5.91 Å². The number of hydrogen-bond acceptors (Lipinski definition) is 7. The van der Waals surface area contributed by atoms with Crippen LogP contribution in [-0.4, -0.2) is 33.9 Å². The van der Waals surface area contributed by atoms with Crippen molar-refractivity contribution in [3.8, 4) is 11.1 Å². The van der Waals surface area contributed by atoms with Gasteiger partial charge in [-0.05, 0) is 40.3 Å². The van der Waals surface area contributed by atoms with Crippen molar-refractivity contribution < 1.29 is 34.0 Å². The van der Waals surface area contributed by atoms with Crippen LogP contribution in [0.3, 0.4) is 0 Å². The van der Waals surface area contributed by atoms with E-state index in [9.17, 15) is 19.9 Å². The number of benzene rings is 3. The molecule has 1 aliphatic rings. The molecule has 0 radical (unpaired) electrons. The van der Waals surface area contributed by atoms with Gasteiger partial charge in [-0.3, -0.25) is 9.59 Å². The Balaban J connectivity index is 1.30. The van der Waals surface area contributed by atoms with E-state index in [4.69, 9.17) is 14.6 Å². The van der Waals surface area contributed by atoms with Crippen molar-refractivity contribution in [2.75, 3.05) is 5.75 Å². The lowest BCUT2D eigenvalue weighted by Crippen LogP contribution is -2.32. The van der Waals surface area contributed by atoms with Crippen LogP contribution in [0.15, 0.2) is 102 Å². The highest BCUT2D eigenvalue weighted by molar-refractivity contribution is 7.99. The Morgan fingerprint density at radius 3 is 2.38 bits per heavy atom. The van der Waals surface area contributed by atoms with Crippen LogP contribution in [-0.2, 0) is 32.2 Å². The van der Waals surface area contributed by atoms with Crippen molar-refractivity contribution in [1.82, 2.24) is 5.32 Å². The van der Waals surface area contributed by atoms with E-state index >= 15 is 0 Å². The SMILES string of the molecule is O=C(O)CCCC(=O)NCc1ccccc1-c1ccc([C@@H]2O[C@H](CSc3cccc[n+]3[O-])C[C@H](c3ccc(CO)cc3)O2)cc1. The average Bonchev–Trinajstić information content (AvgIpc) is 3.07. The highest BCUT2D eigenvalue weighted by atomic mass is 32.2. The topological polar surface area (TPSA) is 132 Å². The van der Waals surface area contributed by atoms with Crippen molar-refractivity contribution in [3.05, 3.63) is 125 Å². The number of thioether (sulfide) groups is 1. The number of rotatable bonds is 13. The van der Waals surface area contributed by atoms with E-state index in [0.29, 0.717) is 30.2 Å². The third kappa shape index (κ3) is 8.92. The quantitative estimate of drug-likeness (QED) is 0.0978. The molecule has 2 heterocycles. The monoisotopic (exact) mass is 628 g/mol. The summed E-state index contributed by atoms with van der Waals surface area (Å²) >= 11 is 1.45. The van der Waals surface area contributed by atoms with Crippen LogP contribution in [0.1, 0.15) is 60.3 Å². The molecule has 5 rings (SSSR count). The summed E-state index contributed by atoms with van der Waals surface area (Å²) in [6.07, 6.45) is 1.48. The van der Waals surface area contributed by atoms with Gasteiger partial charge in [0.05, 0.1) is 18.8 Å². The summed E-state index contributed by atoms with van der Waals surface area (Å²) < 4.78 is 13.8. The molecule has 0 unspecified atom stereocenters. The number of hydrogen-bond donors (Lipinski definition) is 3. The Morgan fingerprint density at radius 2 is 1.64 bits per heavy atom. The lowest BCUT2D eigenvalue weighted by Gasteiger charge is -2.36. The van der Waals surface area contributed by atoms with Crippen LogP contribution >= 0.6 is 11.8 Å². The number of carboxylic acids is 1. The molecule has 3 atom stereocenters. The fourth-order valence-electron chi connectivity index (χ4n) is 5.18. The number of pyridine rings is 1. The third-order valence-corrected chi connectivity index (χ3v) is 8.75. The predicted molar refractivity (Wildman–Crippen MR) is 170 cm³/mol. The number of carbonyl (C=O) groups is 2. The summed E-state index contributed by atoms with van der Waals surface area (Å²) in [5, 5.41) is 34.0. The molecule has 10 heteroatoms. The molecular weight excluding hydrogens is 592 g/mol. The van der Waals surface area contributed by atoms with Gasteiger partial charge in [-0.25, -0.2) is 0 Å². The Bertz CT molecular complexity index is 1580. The van der Waals surface area contributed by atoms with Crippen LogP contribution in [0.4, 0.5) is 0 Å². The highest BCUT2D eigenvalue weighted by Gasteiger charge is 2.32. The number of nitrogens with zero attached hydrogens (tertiary/aromatic N) is 1. The van der Waals surface area contributed by atoms with Gasteiger partial charge >= 0.3 is 5.97 Å². The molecule has 1 aliphatic heterocycles. The van der Waals surface area contributed by atoms with Gasteiger partial charge in [-0.1, -0.05) is 84.6 Å². The maximum absolute atomic E-state index is 12.2. The highest BCUT2D eigenvalue weighted by Crippen LogP contribution is 2.39. The summed E-state index contributed by atoms with van der Waals surface area (Å²) in [5.74, 6) is -0.518. The van der Waals surface area contributed by atoms with Gasteiger partial charge < -0.3 is 30.2 Å². The second-order valence-electron chi connectivity index (χ2n) is 10.8. The lowest BCUT2D eigenvalue weighted by atomic mass is 9.97. The van der Waals surface area contributed by atoms with Crippen molar-refractivity contribution in [1.29, 1.82) is 0 Å². The molecule has 1 aromatic heterocycles. The van der Waals surface area contributed by atoms with Crippen LogP contribution in [0.5, 0.6) is 0 Å². The molecule has 0 spiro atoms. The number of ether oxygens (including phenoxy) is 2. The maximum Gasteiger partial charge on any atom is 0.303 e. The minimum Gasteiger partial charge on any atom is -0.618 e. The summed E-state index contributed by atoms with van der Waals surface area (Å²) in [7, 11) is 0. The van der Waals surface area contributed by atoms with Crippen LogP contribution < -0.4 is 10.0 Å². The number of carboxylic acid groups (broad SMARTS) is 1. The standard InChI is InChI=1S/C35H36N2O7S/c38-22-24-11-13-26(14-12-24)31-20-29(23-45-33-9-3-4-19-37(33)42)43-35(44-31)27-17-15-25(16-18-27)30-7-2-1-6-28(30)21-36-32(39)8-5-10-34(40)41/h1-4,6-7,9,11-19,29,31,35,38H,5,8,10,20-23H2,(H,36,39)(H,40,41)/t29-,31+,35+/m0/s1. The number of carbonyl (C=O) groups excluding carboxylic acids is 1. The molecule has 0 saturated carbocycles. The number of aliphatic hydroxyl groups is 1. The van der Waals surface area contributed by atoms with Crippen molar-refractivity contribution in [3.63, 3.8) is 0 Å². The van der Waals surface area contributed by atoms with Gasteiger partial charge in [0, 0.05) is 49.3 Å². The Hall–Kier alpha value is -4.22. The van der Waals surface area contributed by atoms with Gasteiger partial charge in [0.1, 0.15) is 0 Å². The van der Waals surface area contributed by atoms with Gasteiger partial charge in [0.25, 0.3) is 5.03 Å². The van der Waals surface area contributed by atoms with E-state index in [1.54, 1.807) is 12.1 Å². The van der Waals surface area contributed by atoms with Crippen molar-refractivity contribution in [2.24, 2.45) is 0 Å². The Kier molecular flexibility index (Phi) is 11.2. The number of aliphatic hydroxyl groups excluding tert-OH is 1. The molecule has 45 heavy (non-hydrogen) atoms. The van der Waals surface area contributed by atoms with Gasteiger partial charge in [-0.15, -0.1) is 0 Å². The van der Waals surface area contributed by atoms with E-state index in [0.717, 1.165) is 38.1 Å². The molecule has 1 saturated heterocycles. The molecule has 9 nitrogen and oxygen atoms in total. The largest absolute Gasteiger partial charge is 0.618 e. The second-order valence-corrected chi connectivity index (χ2v) is 11.9. The first-order chi connectivity index (χ1) is 21.9. The lowest BCUT2D eigenvalue weighted by molar-refractivity contribution is -0.645. The molecule has 234 valence electrons. The molecule has 3 N–H and O–H groups in total. The minimum atomic E-state index is -0.911. The first kappa shape index (κ1) is 32.2. The summed E-state index contributed by atoms with van der Waals surface area (Å²) in [6, 6.07) is 28.8. The fourth-order valence-corrected chi connectivity index (χ4v) is 6.12.